The van der Waals surface area contributed by atoms with Gasteiger partial charge in [-0.25, -0.2) is 0 Å². The van der Waals surface area contributed by atoms with E-state index in [1.54, 1.807) is 7.05 Å². The molecule has 1 aromatic carbocycles. The van der Waals surface area contributed by atoms with Crippen LogP contribution < -0.4 is 16.0 Å². The van der Waals surface area contributed by atoms with E-state index in [0.717, 1.165) is 17.9 Å². The van der Waals surface area contributed by atoms with Gasteiger partial charge in [-0.15, -0.1) is 0 Å². The Morgan fingerprint density at radius 1 is 1.22 bits per heavy atom. The summed E-state index contributed by atoms with van der Waals surface area (Å²) in [4.78, 5) is 16.2. The fourth-order valence-electron chi connectivity index (χ4n) is 1.93. The van der Waals surface area contributed by atoms with Crippen molar-refractivity contribution in [3.63, 3.8) is 0 Å². The molecule has 1 atom stereocenters. The van der Waals surface area contributed by atoms with Gasteiger partial charge in [-0.3, -0.25) is 9.79 Å². The Balaban J connectivity index is 2.62. The highest BCUT2D eigenvalue weighted by Gasteiger charge is 2.09. The molecule has 1 aromatic rings. The molecule has 0 radical (unpaired) electrons. The van der Waals surface area contributed by atoms with Crippen LogP contribution in [0.1, 0.15) is 50.0 Å². The van der Waals surface area contributed by atoms with Crippen LogP contribution in [0.4, 0.5) is 0 Å². The van der Waals surface area contributed by atoms with Gasteiger partial charge in [0.05, 0.1) is 0 Å². The number of guanidine groups is 1. The van der Waals surface area contributed by atoms with Crippen LogP contribution in [-0.4, -0.2) is 31.5 Å². The molecule has 0 aliphatic rings. The number of nitrogens with one attached hydrogen (secondary N) is 3. The minimum absolute atomic E-state index is 0.0235. The van der Waals surface area contributed by atoms with E-state index in [-0.39, 0.29) is 5.91 Å². The summed E-state index contributed by atoms with van der Waals surface area (Å²) in [6, 6.07) is 8.00. The van der Waals surface area contributed by atoms with Crippen molar-refractivity contribution < 1.29 is 4.79 Å². The van der Waals surface area contributed by atoms with Crippen LogP contribution >= 0.6 is 0 Å². The minimum atomic E-state index is -0.0235. The third-order valence-corrected chi connectivity index (χ3v) is 3.77. The Bertz CT molecular complexity index is 526. The molecule has 3 N–H and O–H groups in total. The molecular weight excluding hydrogens is 288 g/mol. The lowest BCUT2D eigenvalue weighted by molar-refractivity contribution is 0.0953. The average Bonchev–Trinajstić information content (AvgIpc) is 2.56. The Labute approximate surface area is 140 Å². The quantitative estimate of drug-likeness (QED) is 0.535. The van der Waals surface area contributed by atoms with Crippen LogP contribution in [0.15, 0.2) is 29.3 Å². The van der Waals surface area contributed by atoms with E-state index in [9.17, 15) is 4.79 Å². The van der Waals surface area contributed by atoms with Gasteiger partial charge in [0.2, 0.25) is 0 Å². The number of rotatable bonds is 7. The Morgan fingerprint density at radius 2 is 1.96 bits per heavy atom. The van der Waals surface area contributed by atoms with Gasteiger partial charge < -0.3 is 16.0 Å². The van der Waals surface area contributed by atoms with Gasteiger partial charge in [0.15, 0.2) is 5.96 Å². The molecule has 1 rings (SSSR count). The molecule has 1 amide bonds. The van der Waals surface area contributed by atoms with Crippen molar-refractivity contribution in [3.05, 3.63) is 35.4 Å². The maximum Gasteiger partial charge on any atom is 0.251 e. The van der Waals surface area contributed by atoms with Gasteiger partial charge in [0, 0.05) is 31.7 Å². The smallest absolute Gasteiger partial charge is 0.251 e. The molecule has 128 valence electrons. The van der Waals surface area contributed by atoms with Crippen LogP contribution in [-0.2, 0) is 6.54 Å². The number of amides is 1. The molecule has 0 fully saturated rings. The second-order valence-corrected chi connectivity index (χ2v) is 6.06. The zero-order chi connectivity index (χ0) is 17.2. The summed E-state index contributed by atoms with van der Waals surface area (Å²) in [6.45, 7) is 9.84. The summed E-state index contributed by atoms with van der Waals surface area (Å²) in [5, 5.41) is 9.54. The van der Waals surface area contributed by atoms with Crippen molar-refractivity contribution in [2.24, 2.45) is 10.9 Å². The predicted octanol–water partition coefficient (Wildman–Crippen LogP) is 2.54. The van der Waals surface area contributed by atoms with Gasteiger partial charge in [-0.1, -0.05) is 32.9 Å². The molecule has 0 heterocycles. The third kappa shape index (κ3) is 6.72. The number of carbonyl (C=O) groups is 1. The molecule has 0 saturated heterocycles. The fourth-order valence-corrected chi connectivity index (χ4v) is 1.93. The second-order valence-electron chi connectivity index (χ2n) is 6.06. The van der Waals surface area contributed by atoms with Gasteiger partial charge in [-0.05, 0) is 37.0 Å². The maximum atomic E-state index is 12.0. The number of nitrogens with zero attached hydrogens (tertiary/aromatic N) is 1. The highest BCUT2D eigenvalue weighted by molar-refractivity contribution is 5.94. The van der Waals surface area contributed by atoms with E-state index in [1.807, 2.05) is 31.2 Å². The van der Waals surface area contributed by atoms with Crippen LogP contribution in [0.3, 0.4) is 0 Å². The largest absolute Gasteiger partial charge is 0.354 e. The molecule has 23 heavy (non-hydrogen) atoms. The maximum absolute atomic E-state index is 12.0. The summed E-state index contributed by atoms with van der Waals surface area (Å²) in [6.07, 6.45) is 0.934. The number of hydrogen-bond donors (Lipinski definition) is 3. The second kappa shape index (κ2) is 9.87. The van der Waals surface area contributed by atoms with E-state index in [0.29, 0.717) is 30.6 Å². The first-order valence-electron chi connectivity index (χ1n) is 8.32. The van der Waals surface area contributed by atoms with Crippen molar-refractivity contribution in [2.75, 3.05) is 13.6 Å². The van der Waals surface area contributed by atoms with E-state index in [4.69, 9.17) is 0 Å². The molecule has 5 nitrogen and oxygen atoms in total. The van der Waals surface area contributed by atoms with Crippen molar-refractivity contribution in [1.29, 1.82) is 0 Å². The van der Waals surface area contributed by atoms with Crippen LogP contribution in [0, 0.1) is 5.92 Å². The zero-order valence-corrected chi connectivity index (χ0v) is 14.9. The molecule has 0 saturated carbocycles. The first-order valence-corrected chi connectivity index (χ1v) is 8.32. The average molecular weight is 318 g/mol. The number of carbonyl (C=O) groups excluding carboxylic acids is 1. The van der Waals surface area contributed by atoms with Crippen molar-refractivity contribution in [1.82, 2.24) is 16.0 Å². The number of benzene rings is 1. The zero-order valence-electron chi connectivity index (χ0n) is 14.9. The molecule has 1 unspecified atom stereocenters. The molecule has 0 aliphatic heterocycles. The normalized spacial score (nSPS) is 12.9. The molecule has 0 bridgehead atoms. The molecule has 0 aliphatic carbocycles. The van der Waals surface area contributed by atoms with E-state index in [1.165, 1.54) is 0 Å². The first kappa shape index (κ1) is 19.0. The van der Waals surface area contributed by atoms with E-state index >= 15 is 0 Å². The molecule has 0 aromatic heterocycles. The Morgan fingerprint density at radius 3 is 2.57 bits per heavy atom. The summed E-state index contributed by atoms with van der Waals surface area (Å²) in [7, 11) is 1.76. The van der Waals surface area contributed by atoms with Gasteiger partial charge in [0.25, 0.3) is 5.91 Å². The van der Waals surface area contributed by atoms with Crippen molar-refractivity contribution in [3.8, 4) is 0 Å². The Kier molecular flexibility index (Phi) is 8.16. The van der Waals surface area contributed by atoms with E-state index in [2.05, 4.69) is 41.7 Å². The Hall–Kier alpha value is -2.04. The number of aliphatic imine (C=N–C) groups is 1. The lowest BCUT2D eigenvalue weighted by Crippen LogP contribution is -2.43. The monoisotopic (exact) mass is 318 g/mol. The molecule has 5 heteroatoms. The summed E-state index contributed by atoms with van der Waals surface area (Å²) in [5.74, 6) is 1.27. The summed E-state index contributed by atoms with van der Waals surface area (Å²) < 4.78 is 0. The van der Waals surface area contributed by atoms with Crippen LogP contribution in [0.2, 0.25) is 0 Å². The summed E-state index contributed by atoms with van der Waals surface area (Å²) >= 11 is 0. The van der Waals surface area contributed by atoms with Gasteiger partial charge >= 0.3 is 0 Å². The number of hydrogen-bond acceptors (Lipinski definition) is 2. The highest BCUT2D eigenvalue weighted by Crippen LogP contribution is 2.05. The standard InChI is InChI=1S/C18H30N4O/c1-6-10-20-17(23)16-9-7-8-15(11-16)12-21-18(19-5)22-14(4)13(2)3/h7-9,11,13-14H,6,10,12H2,1-5H3,(H,20,23)(H2,19,21,22). The van der Waals surface area contributed by atoms with Gasteiger partial charge in [-0.2, -0.15) is 0 Å². The van der Waals surface area contributed by atoms with Crippen molar-refractivity contribution >= 4 is 11.9 Å². The molecular formula is C18H30N4O. The third-order valence-electron chi connectivity index (χ3n) is 3.77. The fraction of sp³-hybridized carbons (Fsp3) is 0.556. The molecule has 0 spiro atoms. The first-order chi connectivity index (χ1) is 11.0. The lowest BCUT2D eigenvalue weighted by atomic mass is 10.1. The topological polar surface area (TPSA) is 65.5 Å². The SMILES string of the molecule is CCCNC(=O)c1cccc(CNC(=NC)NC(C)C(C)C)c1. The van der Waals surface area contributed by atoms with Crippen LogP contribution in [0.25, 0.3) is 0 Å². The van der Waals surface area contributed by atoms with Crippen LogP contribution in [0.5, 0.6) is 0 Å². The van der Waals surface area contributed by atoms with Gasteiger partial charge in [0.1, 0.15) is 0 Å². The highest BCUT2D eigenvalue weighted by atomic mass is 16.1. The van der Waals surface area contributed by atoms with E-state index < -0.39 is 0 Å². The summed E-state index contributed by atoms with van der Waals surface area (Å²) in [5.41, 5.74) is 1.74. The lowest BCUT2D eigenvalue weighted by Gasteiger charge is -2.20. The minimum Gasteiger partial charge on any atom is -0.354 e. The predicted molar refractivity (Wildman–Crippen MR) is 96.7 cm³/mol. The van der Waals surface area contributed by atoms with Crippen molar-refractivity contribution in [2.45, 2.75) is 46.7 Å².